The zero-order valence-electron chi connectivity index (χ0n) is 22.1. The average Bonchev–Trinajstić information content (AvgIpc) is 3.63. The zero-order valence-corrected chi connectivity index (χ0v) is 22.1. The molecule has 0 unspecified atom stereocenters. The zero-order chi connectivity index (χ0) is 27.6. The first-order valence-corrected chi connectivity index (χ1v) is 13.0. The van der Waals surface area contributed by atoms with Gasteiger partial charge in [-0.2, -0.15) is 5.10 Å². The lowest BCUT2D eigenvalue weighted by Gasteiger charge is -2.19. The van der Waals surface area contributed by atoms with Gasteiger partial charge in [0.15, 0.2) is 23.0 Å². The summed E-state index contributed by atoms with van der Waals surface area (Å²) in [6.45, 7) is 4.97. The summed E-state index contributed by atoms with van der Waals surface area (Å²) in [4.78, 5) is 28.5. The molecule has 4 heterocycles. The summed E-state index contributed by atoms with van der Waals surface area (Å²) in [6, 6.07) is 17.9. The number of imidazole rings is 1. The number of rotatable bonds is 7. The quantitative estimate of drug-likeness (QED) is 0.310. The minimum Gasteiger partial charge on any atom is -0.486 e. The van der Waals surface area contributed by atoms with Gasteiger partial charge in [-0.1, -0.05) is 24.3 Å². The number of hydrogen-bond donors (Lipinski definition) is 1. The summed E-state index contributed by atoms with van der Waals surface area (Å²) in [5, 5.41) is 6.89. The van der Waals surface area contributed by atoms with E-state index in [-0.39, 0.29) is 18.8 Å². The molecule has 0 aliphatic carbocycles. The Bertz CT molecular complexity index is 1740. The molecule has 0 saturated carbocycles. The monoisotopic (exact) mass is 537 g/mol. The largest absolute Gasteiger partial charge is 0.486 e. The van der Waals surface area contributed by atoms with E-state index in [9.17, 15) is 9.59 Å². The van der Waals surface area contributed by atoms with Gasteiger partial charge in [-0.15, -0.1) is 0 Å². The fourth-order valence-electron chi connectivity index (χ4n) is 4.80. The van der Waals surface area contributed by atoms with Crippen LogP contribution in [0.2, 0.25) is 0 Å². The molecule has 6 rings (SSSR count). The van der Waals surface area contributed by atoms with Crippen LogP contribution in [-0.2, 0) is 9.53 Å². The Morgan fingerprint density at radius 3 is 2.55 bits per heavy atom. The molecule has 40 heavy (non-hydrogen) atoms. The number of benzene rings is 2. The fourth-order valence-corrected chi connectivity index (χ4v) is 4.80. The van der Waals surface area contributed by atoms with Crippen molar-refractivity contribution >= 4 is 17.5 Å². The second kappa shape index (κ2) is 10.6. The van der Waals surface area contributed by atoms with Gasteiger partial charge in [-0.25, -0.2) is 9.67 Å². The molecule has 1 amide bonds. The maximum Gasteiger partial charge on any atom is 0.325 e. The number of carbonyl (C=O) groups is 2. The first-order chi connectivity index (χ1) is 19.5. The minimum atomic E-state index is -0.500. The van der Waals surface area contributed by atoms with Gasteiger partial charge in [0.05, 0.1) is 12.8 Å². The van der Waals surface area contributed by atoms with Crippen molar-refractivity contribution in [2.75, 3.05) is 26.4 Å². The van der Waals surface area contributed by atoms with Crippen molar-refractivity contribution in [1.29, 1.82) is 0 Å². The third-order valence-corrected chi connectivity index (χ3v) is 6.75. The average molecular weight is 538 g/mol. The predicted octanol–water partition coefficient (Wildman–Crippen LogP) is 4.23. The number of carbonyl (C=O) groups excluding carboxylic acids is 2. The number of ether oxygens (including phenoxy) is 3. The first-order valence-electron chi connectivity index (χ1n) is 13.0. The van der Waals surface area contributed by atoms with Gasteiger partial charge in [0.2, 0.25) is 0 Å². The number of fused-ring (bicyclic) bond motifs is 2. The van der Waals surface area contributed by atoms with E-state index in [4.69, 9.17) is 14.2 Å². The number of aromatic nitrogens is 4. The Hall–Kier alpha value is -5.12. The van der Waals surface area contributed by atoms with Crippen molar-refractivity contribution in [3.05, 3.63) is 84.4 Å². The van der Waals surface area contributed by atoms with Crippen molar-refractivity contribution < 1.29 is 23.8 Å². The van der Waals surface area contributed by atoms with E-state index in [1.54, 1.807) is 30.1 Å². The van der Waals surface area contributed by atoms with Crippen LogP contribution in [0.3, 0.4) is 0 Å². The second-order valence-corrected chi connectivity index (χ2v) is 9.23. The molecule has 1 aliphatic rings. The predicted molar refractivity (Wildman–Crippen MR) is 148 cm³/mol. The SMILES string of the molecule is CCOC(=O)CNC(=O)c1ccn(-c2cnc3cc(-c4cccc(-c5ccc6c(c5)OCCO6)c4C)ccn23)n1. The fraction of sp³-hybridized carbons (Fsp3) is 0.200. The third-order valence-electron chi connectivity index (χ3n) is 6.75. The van der Waals surface area contributed by atoms with E-state index in [1.165, 1.54) is 0 Å². The topological polar surface area (TPSA) is 109 Å². The molecule has 5 aromatic rings. The summed E-state index contributed by atoms with van der Waals surface area (Å²) in [5.74, 6) is 1.24. The lowest BCUT2D eigenvalue weighted by Crippen LogP contribution is -2.31. The standard InChI is InChI=1S/C30H27N5O5/c1-3-38-29(36)18-32-30(37)24-10-12-35(33-24)28-17-31-27-16-21(9-11-34(27)28)23-6-4-5-22(19(23)2)20-7-8-25-26(15-20)40-14-13-39-25/h4-12,15-17H,3,13-14,18H2,1-2H3,(H,32,37). The summed E-state index contributed by atoms with van der Waals surface area (Å²) in [7, 11) is 0. The van der Waals surface area contributed by atoms with Crippen LogP contribution in [0.1, 0.15) is 23.0 Å². The summed E-state index contributed by atoms with van der Waals surface area (Å²) < 4.78 is 19.8. The van der Waals surface area contributed by atoms with Crippen molar-refractivity contribution in [1.82, 2.24) is 24.5 Å². The van der Waals surface area contributed by atoms with Gasteiger partial charge < -0.3 is 19.5 Å². The van der Waals surface area contributed by atoms with Crippen molar-refractivity contribution in [2.45, 2.75) is 13.8 Å². The number of pyridine rings is 1. The van der Waals surface area contributed by atoms with Crippen LogP contribution >= 0.6 is 0 Å². The molecule has 1 aliphatic heterocycles. The van der Waals surface area contributed by atoms with E-state index in [0.29, 0.717) is 19.0 Å². The normalized spacial score (nSPS) is 12.3. The first kappa shape index (κ1) is 25.2. The number of hydrogen-bond acceptors (Lipinski definition) is 7. The third kappa shape index (κ3) is 4.75. The molecule has 10 nitrogen and oxygen atoms in total. The van der Waals surface area contributed by atoms with E-state index in [2.05, 4.69) is 40.5 Å². The molecule has 0 atom stereocenters. The Morgan fingerprint density at radius 2 is 1.75 bits per heavy atom. The van der Waals surface area contributed by atoms with Gasteiger partial charge in [-0.3, -0.25) is 14.0 Å². The van der Waals surface area contributed by atoms with Gasteiger partial charge >= 0.3 is 5.97 Å². The van der Waals surface area contributed by atoms with Crippen LogP contribution in [0.25, 0.3) is 33.7 Å². The lowest BCUT2D eigenvalue weighted by molar-refractivity contribution is -0.141. The molecule has 0 radical (unpaired) electrons. The van der Waals surface area contributed by atoms with Gasteiger partial charge in [-0.05, 0) is 72.0 Å². The van der Waals surface area contributed by atoms with Gasteiger partial charge in [0, 0.05) is 12.4 Å². The molecule has 2 aromatic carbocycles. The number of nitrogens with zero attached hydrogens (tertiary/aromatic N) is 4. The highest BCUT2D eigenvalue weighted by atomic mass is 16.6. The molecule has 3 aromatic heterocycles. The summed E-state index contributed by atoms with van der Waals surface area (Å²) >= 11 is 0. The van der Waals surface area contributed by atoms with E-state index in [1.807, 2.05) is 40.9 Å². The van der Waals surface area contributed by atoms with Crippen LogP contribution in [0, 0.1) is 6.92 Å². The maximum absolute atomic E-state index is 12.4. The number of amides is 1. The molecular formula is C30H27N5O5. The Balaban J connectivity index is 1.26. The minimum absolute atomic E-state index is 0.183. The van der Waals surface area contributed by atoms with Crippen molar-refractivity contribution in [3.63, 3.8) is 0 Å². The van der Waals surface area contributed by atoms with Gasteiger partial charge in [0.25, 0.3) is 5.91 Å². The Morgan fingerprint density at radius 1 is 0.975 bits per heavy atom. The highest BCUT2D eigenvalue weighted by Gasteiger charge is 2.17. The molecule has 202 valence electrons. The number of esters is 1. The smallest absolute Gasteiger partial charge is 0.325 e. The van der Waals surface area contributed by atoms with Crippen molar-refractivity contribution in [2.24, 2.45) is 0 Å². The molecular weight excluding hydrogens is 510 g/mol. The van der Waals surface area contributed by atoms with Gasteiger partial charge in [0.1, 0.15) is 25.4 Å². The molecule has 1 N–H and O–H groups in total. The van der Waals surface area contributed by atoms with E-state index < -0.39 is 11.9 Å². The highest BCUT2D eigenvalue weighted by Crippen LogP contribution is 2.38. The summed E-state index contributed by atoms with van der Waals surface area (Å²) in [6.07, 6.45) is 5.31. The second-order valence-electron chi connectivity index (χ2n) is 9.23. The molecule has 0 saturated heterocycles. The molecule has 0 spiro atoms. The van der Waals surface area contributed by atoms with Crippen LogP contribution in [-0.4, -0.2) is 57.4 Å². The maximum atomic E-state index is 12.4. The molecule has 0 bridgehead atoms. The molecule has 0 fully saturated rings. The van der Waals surface area contributed by atoms with E-state index >= 15 is 0 Å². The lowest BCUT2D eigenvalue weighted by atomic mass is 9.93. The summed E-state index contributed by atoms with van der Waals surface area (Å²) in [5.41, 5.74) is 6.36. The van der Waals surface area contributed by atoms with E-state index in [0.717, 1.165) is 45.0 Å². The van der Waals surface area contributed by atoms with Crippen LogP contribution in [0.15, 0.2) is 73.2 Å². The highest BCUT2D eigenvalue weighted by molar-refractivity contribution is 5.94. The molecule has 10 heteroatoms. The van der Waals surface area contributed by atoms with Crippen LogP contribution in [0.4, 0.5) is 0 Å². The van der Waals surface area contributed by atoms with Crippen LogP contribution in [0.5, 0.6) is 11.5 Å². The number of nitrogens with one attached hydrogen (secondary N) is 1. The van der Waals surface area contributed by atoms with Crippen LogP contribution < -0.4 is 14.8 Å². The Kier molecular flexibility index (Phi) is 6.65. The Labute approximate surface area is 230 Å². The van der Waals surface area contributed by atoms with Crippen molar-refractivity contribution in [3.8, 4) is 39.6 Å².